The van der Waals surface area contributed by atoms with E-state index in [2.05, 4.69) is 21.5 Å². The molecule has 2 rings (SSSR count). The first-order valence-corrected chi connectivity index (χ1v) is 8.44. The van der Waals surface area contributed by atoms with Gasteiger partial charge in [-0.2, -0.15) is 13.2 Å². The summed E-state index contributed by atoms with van der Waals surface area (Å²) < 4.78 is 38.1. The van der Waals surface area contributed by atoms with Crippen LogP contribution in [0.2, 0.25) is 0 Å². The number of rotatable bonds is 4. The fourth-order valence-electron chi connectivity index (χ4n) is 2.07. The number of alkyl halides is 3. The van der Waals surface area contributed by atoms with Crippen molar-refractivity contribution >= 4 is 34.8 Å². The summed E-state index contributed by atoms with van der Waals surface area (Å²) in [5, 5.41) is 4.85. The van der Waals surface area contributed by atoms with Gasteiger partial charge in [0.1, 0.15) is 0 Å². The van der Waals surface area contributed by atoms with Gasteiger partial charge in [-0.05, 0) is 49.5 Å². The normalized spacial score (nSPS) is 10.7. The molecular formula is C18H17F3N4O2S. The van der Waals surface area contributed by atoms with Gasteiger partial charge in [-0.15, -0.1) is 0 Å². The molecule has 0 radical (unpaired) electrons. The minimum atomic E-state index is -4.48. The molecule has 2 amide bonds. The Kier molecular flexibility index (Phi) is 6.94. The highest BCUT2D eigenvalue weighted by Crippen LogP contribution is 2.30. The number of thiocarbonyl (C=S) groups is 1. The second-order valence-electron chi connectivity index (χ2n) is 5.75. The van der Waals surface area contributed by atoms with Crippen LogP contribution in [-0.2, 0) is 11.0 Å². The predicted octanol–water partition coefficient (Wildman–Crippen LogP) is 2.76. The molecule has 10 heteroatoms. The second-order valence-corrected chi connectivity index (χ2v) is 6.16. The molecule has 0 bridgehead atoms. The number of amides is 2. The maximum absolute atomic E-state index is 12.7. The van der Waals surface area contributed by atoms with E-state index in [0.29, 0.717) is 5.56 Å². The molecule has 2 aromatic carbocycles. The van der Waals surface area contributed by atoms with Gasteiger partial charge in [0.2, 0.25) is 0 Å². The van der Waals surface area contributed by atoms with Crippen molar-refractivity contribution in [2.45, 2.75) is 13.1 Å². The standard InChI is InChI=1S/C18H17F3N4O2S/c1-11-5-7-12(8-6-11)16(27)22-10-15(26)24-25-17(28)23-14-4-2-3-13(9-14)18(19,20)21/h2-9H,10H2,1H3,(H,22,27)(H,24,26)(H2,23,25,28). The molecule has 0 spiro atoms. The molecular weight excluding hydrogens is 393 g/mol. The summed E-state index contributed by atoms with van der Waals surface area (Å²) in [6.45, 7) is 1.57. The first-order valence-electron chi connectivity index (χ1n) is 8.03. The number of hydrazine groups is 1. The highest BCUT2D eigenvalue weighted by Gasteiger charge is 2.30. The van der Waals surface area contributed by atoms with Crippen molar-refractivity contribution in [3.8, 4) is 0 Å². The highest BCUT2D eigenvalue weighted by atomic mass is 32.1. The third-order valence-corrected chi connectivity index (χ3v) is 3.69. The summed E-state index contributed by atoms with van der Waals surface area (Å²) >= 11 is 4.91. The maximum atomic E-state index is 12.7. The summed E-state index contributed by atoms with van der Waals surface area (Å²) in [5.74, 6) is -1.01. The predicted molar refractivity (Wildman–Crippen MR) is 102 cm³/mol. The van der Waals surface area contributed by atoms with Crippen LogP contribution < -0.4 is 21.5 Å². The molecule has 0 atom stereocenters. The van der Waals surface area contributed by atoms with Gasteiger partial charge in [-0.3, -0.25) is 20.4 Å². The number of carbonyl (C=O) groups excluding carboxylic acids is 2. The number of halogens is 3. The lowest BCUT2D eigenvalue weighted by atomic mass is 10.1. The van der Waals surface area contributed by atoms with Crippen molar-refractivity contribution < 1.29 is 22.8 Å². The fourth-order valence-corrected chi connectivity index (χ4v) is 2.24. The number of nitrogens with one attached hydrogen (secondary N) is 4. The number of hydrogen-bond acceptors (Lipinski definition) is 3. The van der Waals surface area contributed by atoms with Crippen LogP contribution in [-0.4, -0.2) is 23.5 Å². The zero-order valence-corrected chi connectivity index (χ0v) is 15.5. The molecule has 0 aliphatic heterocycles. The molecule has 0 aliphatic carbocycles. The Hall–Kier alpha value is -3.14. The Morgan fingerprint density at radius 1 is 1.04 bits per heavy atom. The zero-order valence-electron chi connectivity index (χ0n) is 14.7. The Morgan fingerprint density at radius 2 is 1.71 bits per heavy atom. The summed E-state index contributed by atoms with van der Waals surface area (Å²) in [6.07, 6.45) is -4.48. The van der Waals surface area contributed by atoms with Crippen molar-refractivity contribution in [2.24, 2.45) is 0 Å². The highest BCUT2D eigenvalue weighted by molar-refractivity contribution is 7.80. The lowest BCUT2D eigenvalue weighted by Gasteiger charge is -2.13. The van der Waals surface area contributed by atoms with Gasteiger partial charge in [0.15, 0.2) is 5.11 Å². The first kappa shape index (κ1) is 21.2. The Labute approximate surface area is 164 Å². The van der Waals surface area contributed by atoms with Crippen LogP contribution in [0.3, 0.4) is 0 Å². The summed E-state index contributed by atoms with van der Waals surface area (Å²) in [7, 11) is 0. The molecule has 2 aromatic rings. The van der Waals surface area contributed by atoms with Crippen molar-refractivity contribution in [2.75, 3.05) is 11.9 Å². The van der Waals surface area contributed by atoms with Crippen LogP contribution in [0.4, 0.5) is 18.9 Å². The van der Waals surface area contributed by atoms with Crippen LogP contribution >= 0.6 is 12.2 Å². The summed E-state index contributed by atoms with van der Waals surface area (Å²) in [5.41, 5.74) is 5.27. The topological polar surface area (TPSA) is 82.3 Å². The van der Waals surface area contributed by atoms with Crippen LogP contribution in [0.1, 0.15) is 21.5 Å². The van der Waals surface area contributed by atoms with E-state index in [-0.39, 0.29) is 17.3 Å². The molecule has 4 N–H and O–H groups in total. The number of hydrogen-bond donors (Lipinski definition) is 4. The third-order valence-electron chi connectivity index (χ3n) is 3.49. The average Bonchev–Trinajstić information content (AvgIpc) is 2.64. The van der Waals surface area contributed by atoms with E-state index in [0.717, 1.165) is 17.7 Å². The van der Waals surface area contributed by atoms with Gasteiger partial charge in [-0.25, -0.2) is 0 Å². The molecule has 0 saturated heterocycles. The molecule has 6 nitrogen and oxygen atoms in total. The van der Waals surface area contributed by atoms with E-state index in [1.54, 1.807) is 24.3 Å². The van der Waals surface area contributed by atoms with Crippen molar-refractivity contribution in [1.29, 1.82) is 0 Å². The van der Waals surface area contributed by atoms with Crippen LogP contribution in [0.5, 0.6) is 0 Å². The lowest BCUT2D eigenvalue weighted by Crippen LogP contribution is -2.47. The SMILES string of the molecule is Cc1ccc(C(=O)NCC(=O)NNC(=S)Nc2cccc(C(F)(F)F)c2)cc1. The molecule has 148 valence electrons. The first-order chi connectivity index (χ1) is 13.1. The summed E-state index contributed by atoms with van der Waals surface area (Å²) in [4.78, 5) is 23.7. The van der Waals surface area contributed by atoms with Gasteiger partial charge in [0.05, 0.1) is 12.1 Å². The summed E-state index contributed by atoms with van der Waals surface area (Å²) in [6, 6.07) is 11.3. The van der Waals surface area contributed by atoms with E-state index >= 15 is 0 Å². The number of benzene rings is 2. The molecule has 28 heavy (non-hydrogen) atoms. The molecule has 0 aromatic heterocycles. The lowest BCUT2D eigenvalue weighted by molar-refractivity contribution is -0.137. The van der Waals surface area contributed by atoms with Crippen molar-refractivity contribution in [3.05, 3.63) is 65.2 Å². The quantitative estimate of drug-likeness (QED) is 0.460. The van der Waals surface area contributed by atoms with Crippen LogP contribution in [0.15, 0.2) is 48.5 Å². The third kappa shape index (κ3) is 6.54. The molecule has 0 saturated carbocycles. The van der Waals surface area contributed by atoms with Gasteiger partial charge in [0.25, 0.3) is 11.8 Å². The number of carbonyl (C=O) groups is 2. The number of aryl methyl sites for hydroxylation is 1. The smallest absolute Gasteiger partial charge is 0.343 e. The Morgan fingerprint density at radius 3 is 2.36 bits per heavy atom. The van der Waals surface area contributed by atoms with E-state index in [1.807, 2.05) is 6.92 Å². The molecule has 0 unspecified atom stereocenters. The van der Waals surface area contributed by atoms with Gasteiger partial charge < -0.3 is 10.6 Å². The minimum Gasteiger partial charge on any atom is -0.343 e. The Bertz CT molecular complexity index is 870. The van der Waals surface area contributed by atoms with Crippen LogP contribution in [0, 0.1) is 6.92 Å². The van der Waals surface area contributed by atoms with Gasteiger partial charge in [-0.1, -0.05) is 23.8 Å². The number of anilines is 1. The zero-order chi connectivity index (χ0) is 20.7. The van der Waals surface area contributed by atoms with E-state index < -0.39 is 23.6 Å². The maximum Gasteiger partial charge on any atom is 0.416 e. The monoisotopic (exact) mass is 410 g/mol. The van der Waals surface area contributed by atoms with Crippen molar-refractivity contribution in [3.63, 3.8) is 0 Å². The molecule has 0 aliphatic rings. The van der Waals surface area contributed by atoms with Crippen molar-refractivity contribution in [1.82, 2.24) is 16.2 Å². The van der Waals surface area contributed by atoms with Crippen LogP contribution in [0.25, 0.3) is 0 Å². The largest absolute Gasteiger partial charge is 0.416 e. The van der Waals surface area contributed by atoms with E-state index in [4.69, 9.17) is 12.2 Å². The van der Waals surface area contributed by atoms with Gasteiger partial charge >= 0.3 is 6.18 Å². The van der Waals surface area contributed by atoms with E-state index in [1.165, 1.54) is 12.1 Å². The molecule has 0 fully saturated rings. The Balaban J connectivity index is 1.77. The average molecular weight is 410 g/mol. The van der Waals surface area contributed by atoms with E-state index in [9.17, 15) is 22.8 Å². The fraction of sp³-hybridized carbons (Fsp3) is 0.167. The minimum absolute atomic E-state index is 0.106. The molecule has 0 heterocycles. The van der Waals surface area contributed by atoms with Gasteiger partial charge in [0, 0.05) is 11.3 Å². The second kappa shape index (κ2) is 9.18.